The first-order valence-electron chi connectivity index (χ1n) is 7.16. The van der Waals surface area contributed by atoms with Crippen molar-refractivity contribution in [1.82, 2.24) is 9.62 Å². The van der Waals surface area contributed by atoms with E-state index in [2.05, 4.69) is 5.32 Å². The molecule has 1 atom stereocenters. The predicted octanol–water partition coefficient (Wildman–Crippen LogP) is 1.06. The fourth-order valence-electron chi connectivity index (χ4n) is 2.48. The van der Waals surface area contributed by atoms with Crippen molar-refractivity contribution < 1.29 is 13.2 Å². The topological polar surface area (TPSA) is 58.6 Å². The Hall–Kier alpha value is -0.170. The minimum Gasteiger partial charge on any atom is -0.385 e. The maximum atomic E-state index is 12.4. The van der Waals surface area contributed by atoms with Crippen LogP contribution >= 0.6 is 0 Å². The molecular weight excluding hydrogens is 264 g/mol. The van der Waals surface area contributed by atoms with Crippen molar-refractivity contribution in [2.24, 2.45) is 5.92 Å². The Balaban J connectivity index is 2.59. The van der Waals surface area contributed by atoms with Crippen LogP contribution in [0.1, 0.15) is 33.1 Å². The molecule has 0 aromatic heterocycles. The van der Waals surface area contributed by atoms with Crippen LogP contribution in [-0.4, -0.2) is 57.9 Å². The molecule has 0 saturated carbocycles. The van der Waals surface area contributed by atoms with E-state index in [0.717, 1.165) is 25.9 Å². The van der Waals surface area contributed by atoms with Crippen molar-refractivity contribution in [1.29, 1.82) is 0 Å². The van der Waals surface area contributed by atoms with E-state index in [1.807, 2.05) is 13.8 Å². The van der Waals surface area contributed by atoms with Gasteiger partial charge in [0.15, 0.2) is 0 Å². The molecule has 1 unspecified atom stereocenters. The Morgan fingerprint density at radius 1 is 1.42 bits per heavy atom. The first-order valence-corrected chi connectivity index (χ1v) is 8.77. The Kier molecular flexibility index (Phi) is 7.28. The summed E-state index contributed by atoms with van der Waals surface area (Å²) in [4.78, 5) is 0. The van der Waals surface area contributed by atoms with Gasteiger partial charge in [0, 0.05) is 26.3 Å². The van der Waals surface area contributed by atoms with E-state index in [1.54, 1.807) is 11.4 Å². The Bertz CT molecular complexity index is 338. The summed E-state index contributed by atoms with van der Waals surface area (Å²) in [5.74, 6) is 0.618. The number of sulfonamides is 1. The zero-order chi connectivity index (χ0) is 14.3. The molecule has 0 amide bonds. The monoisotopic (exact) mass is 292 g/mol. The van der Waals surface area contributed by atoms with Gasteiger partial charge in [0.1, 0.15) is 0 Å². The quantitative estimate of drug-likeness (QED) is 0.680. The first-order chi connectivity index (χ1) is 8.97. The van der Waals surface area contributed by atoms with Gasteiger partial charge in [0.25, 0.3) is 0 Å². The molecule has 1 N–H and O–H groups in total. The van der Waals surface area contributed by atoms with Crippen LogP contribution < -0.4 is 5.32 Å². The summed E-state index contributed by atoms with van der Waals surface area (Å²) in [5.41, 5.74) is 0. The lowest BCUT2D eigenvalue weighted by Gasteiger charge is -2.32. The standard InChI is InChI=1S/C13H28N2O3S/c1-12(2)15(11-13-6-4-7-14-10-13)19(16,17)9-5-8-18-3/h12-14H,4-11H2,1-3H3. The lowest BCUT2D eigenvalue weighted by atomic mass is 9.99. The van der Waals surface area contributed by atoms with E-state index in [4.69, 9.17) is 4.74 Å². The average molecular weight is 292 g/mol. The first kappa shape index (κ1) is 16.9. The van der Waals surface area contributed by atoms with E-state index in [1.165, 1.54) is 0 Å². The number of nitrogens with zero attached hydrogens (tertiary/aromatic N) is 1. The Labute approximate surface area is 117 Å². The van der Waals surface area contributed by atoms with Gasteiger partial charge in [0.2, 0.25) is 10.0 Å². The maximum Gasteiger partial charge on any atom is 0.214 e. The van der Waals surface area contributed by atoms with Gasteiger partial charge in [-0.1, -0.05) is 0 Å². The third-order valence-electron chi connectivity index (χ3n) is 3.52. The molecule has 1 aliphatic heterocycles. The summed E-state index contributed by atoms with van der Waals surface area (Å²) in [7, 11) is -1.57. The van der Waals surface area contributed by atoms with Gasteiger partial charge in [-0.25, -0.2) is 8.42 Å². The maximum absolute atomic E-state index is 12.4. The normalized spacial score (nSPS) is 21.2. The van der Waals surface area contributed by atoms with Crippen LogP contribution in [0.3, 0.4) is 0 Å². The van der Waals surface area contributed by atoms with E-state index in [-0.39, 0.29) is 11.8 Å². The van der Waals surface area contributed by atoms with Crippen LogP contribution in [0.2, 0.25) is 0 Å². The second-order valence-electron chi connectivity index (χ2n) is 5.54. The molecule has 1 aliphatic rings. The van der Waals surface area contributed by atoms with Crippen LogP contribution in [-0.2, 0) is 14.8 Å². The van der Waals surface area contributed by atoms with Crippen molar-refractivity contribution in [3.8, 4) is 0 Å². The predicted molar refractivity (Wildman–Crippen MR) is 77.7 cm³/mol. The van der Waals surface area contributed by atoms with Crippen LogP contribution in [0.15, 0.2) is 0 Å². The second-order valence-corrected chi connectivity index (χ2v) is 7.58. The number of hydrogen-bond donors (Lipinski definition) is 1. The van der Waals surface area contributed by atoms with Gasteiger partial charge in [-0.15, -0.1) is 0 Å². The van der Waals surface area contributed by atoms with Crippen LogP contribution in [0.4, 0.5) is 0 Å². The number of piperidine rings is 1. The molecule has 1 saturated heterocycles. The molecule has 0 aromatic rings. The molecule has 6 heteroatoms. The summed E-state index contributed by atoms with van der Waals surface area (Å²) < 4.78 is 31.3. The smallest absolute Gasteiger partial charge is 0.214 e. The van der Waals surface area contributed by atoms with Gasteiger partial charge >= 0.3 is 0 Å². The largest absolute Gasteiger partial charge is 0.385 e. The van der Waals surface area contributed by atoms with E-state index in [9.17, 15) is 8.42 Å². The van der Waals surface area contributed by atoms with Gasteiger partial charge in [-0.2, -0.15) is 4.31 Å². The van der Waals surface area contributed by atoms with Crippen molar-refractivity contribution in [2.45, 2.75) is 39.2 Å². The van der Waals surface area contributed by atoms with Crippen LogP contribution in [0.25, 0.3) is 0 Å². The minimum atomic E-state index is -3.17. The molecule has 0 radical (unpaired) electrons. The molecule has 1 fully saturated rings. The van der Waals surface area contributed by atoms with Gasteiger partial charge in [-0.05, 0) is 52.1 Å². The highest BCUT2D eigenvalue weighted by atomic mass is 32.2. The number of nitrogens with one attached hydrogen (secondary N) is 1. The SMILES string of the molecule is COCCCS(=O)(=O)N(CC1CCCNC1)C(C)C. The lowest BCUT2D eigenvalue weighted by Crippen LogP contribution is -2.45. The molecule has 114 valence electrons. The summed E-state index contributed by atoms with van der Waals surface area (Å²) >= 11 is 0. The summed E-state index contributed by atoms with van der Waals surface area (Å²) in [6, 6.07) is 0.0227. The number of methoxy groups -OCH3 is 1. The molecule has 0 aliphatic carbocycles. The van der Waals surface area contributed by atoms with Gasteiger partial charge in [0.05, 0.1) is 5.75 Å². The molecule has 5 nitrogen and oxygen atoms in total. The third-order valence-corrected chi connectivity index (χ3v) is 5.61. The second kappa shape index (κ2) is 8.19. The Morgan fingerprint density at radius 2 is 2.16 bits per heavy atom. The summed E-state index contributed by atoms with van der Waals surface area (Å²) in [6.07, 6.45) is 2.81. The highest BCUT2D eigenvalue weighted by Crippen LogP contribution is 2.17. The number of rotatable bonds is 8. The molecule has 1 rings (SSSR count). The Morgan fingerprint density at radius 3 is 2.68 bits per heavy atom. The van der Waals surface area contributed by atoms with Crippen LogP contribution in [0.5, 0.6) is 0 Å². The van der Waals surface area contributed by atoms with Gasteiger partial charge in [-0.3, -0.25) is 0 Å². The van der Waals surface area contributed by atoms with Crippen molar-refractivity contribution in [3.05, 3.63) is 0 Å². The molecule has 1 heterocycles. The van der Waals surface area contributed by atoms with Crippen LogP contribution in [0, 0.1) is 5.92 Å². The molecule has 19 heavy (non-hydrogen) atoms. The van der Waals surface area contributed by atoms with E-state index >= 15 is 0 Å². The number of ether oxygens (including phenoxy) is 1. The van der Waals surface area contributed by atoms with Crippen molar-refractivity contribution in [3.63, 3.8) is 0 Å². The van der Waals surface area contributed by atoms with Crippen molar-refractivity contribution in [2.75, 3.05) is 39.1 Å². The molecule has 0 aromatic carbocycles. The van der Waals surface area contributed by atoms with E-state index in [0.29, 0.717) is 25.5 Å². The fourth-order valence-corrected chi connectivity index (χ4v) is 4.28. The minimum absolute atomic E-state index is 0.0227. The highest BCUT2D eigenvalue weighted by Gasteiger charge is 2.27. The lowest BCUT2D eigenvalue weighted by molar-refractivity contribution is 0.198. The summed E-state index contributed by atoms with van der Waals surface area (Å²) in [5, 5.41) is 3.34. The average Bonchev–Trinajstić information content (AvgIpc) is 2.37. The number of hydrogen-bond acceptors (Lipinski definition) is 4. The zero-order valence-corrected chi connectivity index (χ0v) is 13.2. The molecule has 0 spiro atoms. The molecular formula is C13H28N2O3S. The fraction of sp³-hybridized carbons (Fsp3) is 1.00. The zero-order valence-electron chi connectivity index (χ0n) is 12.4. The molecule has 0 bridgehead atoms. The van der Waals surface area contributed by atoms with Gasteiger partial charge < -0.3 is 10.1 Å². The van der Waals surface area contributed by atoms with E-state index < -0.39 is 10.0 Å². The summed E-state index contributed by atoms with van der Waals surface area (Å²) in [6.45, 7) is 7.01. The highest BCUT2D eigenvalue weighted by molar-refractivity contribution is 7.89. The van der Waals surface area contributed by atoms with Crippen molar-refractivity contribution >= 4 is 10.0 Å². The third kappa shape index (κ3) is 5.77.